The van der Waals surface area contributed by atoms with E-state index < -0.39 is 11.6 Å². The molecule has 4 aromatic rings. The molecule has 2 aromatic heterocycles. The van der Waals surface area contributed by atoms with Gasteiger partial charge in [0, 0.05) is 35.8 Å². The number of nitrogens with zero attached hydrogens (tertiary/aromatic N) is 6. The van der Waals surface area contributed by atoms with Gasteiger partial charge in [-0.25, -0.2) is 9.49 Å². The average molecular weight is 586 g/mol. The topological polar surface area (TPSA) is 113 Å². The van der Waals surface area contributed by atoms with E-state index in [1.165, 1.54) is 6.07 Å². The molecule has 11 heteroatoms. The highest BCUT2D eigenvalue weighted by Gasteiger charge is 2.44. The van der Waals surface area contributed by atoms with Crippen LogP contribution in [-0.2, 0) is 18.8 Å². The first-order chi connectivity index (χ1) is 20.3. The van der Waals surface area contributed by atoms with Gasteiger partial charge in [-0.15, -0.1) is 5.10 Å². The summed E-state index contributed by atoms with van der Waals surface area (Å²) in [5.74, 6) is 0.406. The number of pyridine rings is 1. The number of H-pyrrole nitrogens is 1. The van der Waals surface area contributed by atoms with Crippen LogP contribution in [0, 0.1) is 22.6 Å². The molecule has 4 heterocycles. The van der Waals surface area contributed by atoms with Gasteiger partial charge in [-0.3, -0.25) is 9.88 Å². The summed E-state index contributed by atoms with van der Waals surface area (Å²) in [4.78, 5) is 7.23. The standard InChI is InChI=1S/C31H29ClFN7O2/c1-30(24-6-5-22(32)14-25(24)33)41-27-4-2-3-23(28(27)42-30)19-7-11-40(12-8-19)17-26-20(15-31(18-34)9-10-31)13-21(16-35-26)29-36-38-39-37-29/h2-6,13-14,16,19H,7-12,15,17H2,1H3,(H,36,37,38,39)/t30-/m0/s1. The minimum Gasteiger partial charge on any atom is -0.444 e. The van der Waals surface area contributed by atoms with Crippen LogP contribution in [0.15, 0.2) is 48.7 Å². The lowest BCUT2D eigenvalue weighted by Gasteiger charge is -2.33. The number of hydrogen-bond acceptors (Lipinski definition) is 8. The van der Waals surface area contributed by atoms with Crippen LogP contribution in [0.1, 0.15) is 60.9 Å². The Morgan fingerprint density at radius 3 is 2.71 bits per heavy atom. The number of halogens is 2. The van der Waals surface area contributed by atoms with Gasteiger partial charge in [0.1, 0.15) is 5.82 Å². The van der Waals surface area contributed by atoms with E-state index in [-0.39, 0.29) is 11.3 Å². The normalized spacial score (nSPS) is 21.3. The van der Waals surface area contributed by atoms with Crippen LogP contribution in [0.5, 0.6) is 11.5 Å². The molecular formula is C31H29ClFN7O2. The molecule has 0 bridgehead atoms. The lowest BCUT2D eigenvalue weighted by molar-refractivity contribution is -0.0712. The van der Waals surface area contributed by atoms with Crippen LogP contribution < -0.4 is 9.47 Å². The van der Waals surface area contributed by atoms with Crippen LogP contribution >= 0.6 is 11.6 Å². The van der Waals surface area contributed by atoms with Gasteiger partial charge >= 0.3 is 0 Å². The van der Waals surface area contributed by atoms with E-state index in [4.69, 9.17) is 26.1 Å². The number of aromatic nitrogens is 5. The zero-order valence-electron chi connectivity index (χ0n) is 23.1. The monoisotopic (exact) mass is 585 g/mol. The summed E-state index contributed by atoms with van der Waals surface area (Å²) in [6.45, 7) is 4.21. The predicted molar refractivity (Wildman–Crippen MR) is 152 cm³/mol. The van der Waals surface area contributed by atoms with Crippen molar-refractivity contribution >= 4 is 11.6 Å². The number of aromatic amines is 1. The van der Waals surface area contributed by atoms with E-state index in [1.807, 2.05) is 12.1 Å². The van der Waals surface area contributed by atoms with E-state index in [1.54, 1.807) is 25.3 Å². The fraction of sp³-hybridized carbons (Fsp3) is 0.387. The second-order valence-corrected chi connectivity index (χ2v) is 12.1. The number of likely N-dealkylation sites (tertiary alicyclic amines) is 1. The van der Waals surface area contributed by atoms with Crippen molar-refractivity contribution in [2.75, 3.05) is 13.1 Å². The van der Waals surface area contributed by atoms with Gasteiger partial charge in [-0.05, 0) is 97.4 Å². The Bertz CT molecular complexity index is 1680. The molecular weight excluding hydrogens is 557 g/mol. The third-order valence-corrected chi connectivity index (χ3v) is 8.97. The number of benzene rings is 2. The Kier molecular flexibility index (Phi) is 6.59. The highest BCUT2D eigenvalue weighted by atomic mass is 35.5. The lowest BCUT2D eigenvalue weighted by Crippen LogP contribution is -2.34. The first kappa shape index (κ1) is 26.8. The molecule has 2 fully saturated rings. The average Bonchev–Trinajstić information content (AvgIpc) is 3.36. The van der Waals surface area contributed by atoms with Gasteiger partial charge in [0.15, 0.2) is 17.3 Å². The first-order valence-corrected chi connectivity index (χ1v) is 14.5. The fourth-order valence-electron chi connectivity index (χ4n) is 6.14. The summed E-state index contributed by atoms with van der Waals surface area (Å²) in [6.07, 6.45) is 6.18. The van der Waals surface area contributed by atoms with Crippen molar-refractivity contribution in [1.82, 2.24) is 30.5 Å². The molecule has 3 aliphatic rings. The number of hydrogen-bond donors (Lipinski definition) is 1. The van der Waals surface area contributed by atoms with E-state index in [2.05, 4.69) is 43.7 Å². The number of para-hydroxylation sites is 1. The molecule has 42 heavy (non-hydrogen) atoms. The highest BCUT2D eigenvalue weighted by Crippen LogP contribution is 2.50. The van der Waals surface area contributed by atoms with Gasteiger partial charge < -0.3 is 9.47 Å². The number of piperidine rings is 1. The van der Waals surface area contributed by atoms with E-state index in [0.29, 0.717) is 40.9 Å². The van der Waals surface area contributed by atoms with E-state index in [0.717, 1.165) is 61.2 Å². The molecule has 0 unspecified atom stereocenters. The molecule has 2 aromatic carbocycles. The minimum absolute atomic E-state index is 0.277. The zero-order chi connectivity index (χ0) is 28.9. The maximum atomic E-state index is 14.8. The Morgan fingerprint density at radius 2 is 2.00 bits per heavy atom. The van der Waals surface area contributed by atoms with Crippen molar-refractivity contribution in [2.45, 2.75) is 57.3 Å². The maximum Gasteiger partial charge on any atom is 0.278 e. The van der Waals surface area contributed by atoms with Gasteiger partial charge in [0.2, 0.25) is 0 Å². The first-order valence-electron chi connectivity index (χ1n) is 14.2. The smallest absolute Gasteiger partial charge is 0.278 e. The molecule has 0 spiro atoms. The molecule has 2 aliphatic heterocycles. The summed E-state index contributed by atoms with van der Waals surface area (Å²) in [5.41, 5.74) is 3.98. The van der Waals surface area contributed by atoms with Crippen molar-refractivity contribution in [1.29, 1.82) is 5.26 Å². The van der Waals surface area contributed by atoms with Crippen molar-refractivity contribution in [3.05, 3.63) is 81.9 Å². The summed E-state index contributed by atoms with van der Waals surface area (Å²) >= 11 is 5.97. The summed E-state index contributed by atoms with van der Waals surface area (Å²) < 4.78 is 27.3. The predicted octanol–water partition coefficient (Wildman–Crippen LogP) is 5.92. The number of tetrazole rings is 1. The van der Waals surface area contributed by atoms with Crippen molar-refractivity contribution in [2.24, 2.45) is 5.41 Å². The molecule has 0 amide bonds. The number of rotatable bonds is 7. The second-order valence-electron chi connectivity index (χ2n) is 11.6. The van der Waals surface area contributed by atoms with Gasteiger partial charge in [0.25, 0.3) is 5.79 Å². The van der Waals surface area contributed by atoms with Gasteiger partial charge in [0.05, 0.1) is 22.7 Å². The quantitative estimate of drug-likeness (QED) is 0.284. The van der Waals surface area contributed by atoms with Crippen molar-refractivity contribution in [3.63, 3.8) is 0 Å². The molecule has 9 nitrogen and oxygen atoms in total. The second kappa shape index (κ2) is 10.3. The molecule has 214 valence electrons. The van der Waals surface area contributed by atoms with Crippen LogP contribution in [0.2, 0.25) is 5.02 Å². The van der Waals surface area contributed by atoms with E-state index >= 15 is 0 Å². The molecule has 1 atom stereocenters. The third kappa shape index (κ3) is 4.97. The zero-order valence-corrected chi connectivity index (χ0v) is 23.9. The Labute approximate surface area is 247 Å². The lowest BCUT2D eigenvalue weighted by atomic mass is 9.88. The van der Waals surface area contributed by atoms with Crippen LogP contribution in [-0.4, -0.2) is 43.6 Å². The number of nitrogens with one attached hydrogen (secondary N) is 1. The van der Waals surface area contributed by atoms with Crippen LogP contribution in [0.25, 0.3) is 11.4 Å². The SMILES string of the molecule is C[C@]1(c2ccc(Cl)cc2F)Oc2cccc(C3CCN(Cc4ncc(-c5nnn[nH]5)cc4CC4(C#N)CC4)CC3)c2O1. The third-order valence-electron chi connectivity index (χ3n) is 8.73. The van der Waals surface area contributed by atoms with Crippen molar-refractivity contribution in [3.8, 4) is 29.0 Å². The van der Waals surface area contributed by atoms with Crippen LogP contribution in [0.3, 0.4) is 0 Å². The summed E-state index contributed by atoms with van der Waals surface area (Å²) in [5, 5.41) is 24.3. The largest absolute Gasteiger partial charge is 0.444 e. The molecule has 1 N–H and O–H groups in total. The Morgan fingerprint density at radius 1 is 1.17 bits per heavy atom. The number of fused-ring (bicyclic) bond motifs is 1. The number of nitriles is 1. The maximum absolute atomic E-state index is 14.8. The van der Waals surface area contributed by atoms with Gasteiger partial charge in [-0.2, -0.15) is 5.26 Å². The minimum atomic E-state index is -1.27. The van der Waals surface area contributed by atoms with Crippen LogP contribution in [0.4, 0.5) is 4.39 Å². The fourth-order valence-corrected chi connectivity index (χ4v) is 6.30. The Hall–Kier alpha value is -4.07. The number of ether oxygens (including phenoxy) is 2. The molecule has 7 rings (SSSR count). The molecule has 0 radical (unpaired) electrons. The van der Waals surface area contributed by atoms with E-state index in [9.17, 15) is 9.65 Å². The van der Waals surface area contributed by atoms with Crippen molar-refractivity contribution < 1.29 is 13.9 Å². The Balaban J connectivity index is 1.06. The molecule has 1 saturated heterocycles. The summed E-state index contributed by atoms with van der Waals surface area (Å²) in [7, 11) is 0. The molecule has 1 saturated carbocycles. The summed E-state index contributed by atoms with van der Waals surface area (Å²) in [6, 6.07) is 15.0. The van der Waals surface area contributed by atoms with Gasteiger partial charge in [-0.1, -0.05) is 23.7 Å². The molecule has 1 aliphatic carbocycles. The highest BCUT2D eigenvalue weighted by molar-refractivity contribution is 6.30.